The van der Waals surface area contributed by atoms with Gasteiger partial charge in [-0.05, 0) is 30.5 Å². The Kier molecular flexibility index (Phi) is 5.85. The van der Waals surface area contributed by atoms with Gasteiger partial charge in [0.15, 0.2) is 0 Å². The molecule has 0 radical (unpaired) electrons. The number of hydrogen-bond acceptors (Lipinski definition) is 2. The Morgan fingerprint density at radius 2 is 1.84 bits per heavy atom. The molecular weight excluding hydrogens is 244 g/mol. The third-order valence-electron chi connectivity index (χ3n) is 2.76. The van der Waals surface area contributed by atoms with E-state index in [0.29, 0.717) is 12.1 Å². The highest BCUT2D eigenvalue weighted by Gasteiger charge is 2.17. The van der Waals surface area contributed by atoms with Crippen molar-refractivity contribution < 1.29 is 14.7 Å². The molecule has 0 aromatic heterocycles. The Hall–Kier alpha value is -2.04. The van der Waals surface area contributed by atoms with Crippen LogP contribution in [0.2, 0.25) is 0 Å². The summed E-state index contributed by atoms with van der Waals surface area (Å²) < 4.78 is 0. The van der Waals surface area contributed by atoms with Crippen LogP contribution in [0.1, 0.15) is 32.3 Å². The minimum Gasteiger partial charge on any atom is -0.480 e. The molecule has 5 nitrogen and oxygen atoms in total. The summed E-state index contributed by atoms with van der Waals surface area (Å²) in [6, 6.07) is 6.16. The summed E-state index contributed by atoms with van der Waals surface area (Å²) in [7, 11) is 0. The first kappa shape index (κ1) is 15.0. The van der Waals surface area contributed by atoms with Crippen LogP contribution in [0.5, 0.6) is 0 Å². The van der Waals surface area contributed by atoms with E-state index in [2.05, 4.69) is 17.6 Å². The van der Waals surface area contributed by atoms with Gasteiger partial charge in [0.1, 0.15) is 6.04 Å². The van der Waals surface area contributed by atoms with Gasteiger partial charge in [0.2, 0.25) is 0 Å². The summed E-state index contributed by atoms with van der Waals surface area (Å²) in [5.74, 6) is -1.03. The van der Waals surface area contributed by atoms with Crippen LogP contribution in [0.4, 0.5) is 10.5 Å². The van der Waals surface area contributed by atoms with Crippen LogP contribution in [0, 0.1) is 0 Å². The maximum atomic E-state index is 11.6. The lowest BCUT2D eigenvalue weighted by atomic mass is 10.1. The summed E-state index contributed by atoms with van der Waals surface area (Å²) in [5.41, 5.74) is 1.86. The molecule has 0 aliphatic heterocycles. The topological polar surface area (TPSA) is 78.4 Å². The number of amides is 2. The summed E-state index contributed by atoms with van der Waals surface area (Å²) in [4.78, 5) is 22.4. The van der Waals surface area contributed by atoms with Crippen LogP contribution in [-0.4, -0.2) is 23.1 Å². The first-order valence-electron chi connectivity index (χ1n) is 6.46. The fraction of sp³-hybridized carbons (Fsp3) is 0.429. The van der Waals surface area contributed by atoms with Gasteiger partial charge in [0.05, 0.1) is 0 Å². The molecule has 3 N–H and O–H groups in total. The molecule has 19 heavy (non-hydrogen) atoms. The number of urea groups is 1. The third kappa shape index (κ3) is 4.99. The van der Waals surface area contributed by atoms with E-state index < -0.39 is 18.0 Å². The number of nitrogens with one attached hydrogen (secondary N) is 2. The van der Waals surface area contributed by atoms with Crippen molar-refractivity contribution in [2.45, 2.75) is 39.2 Å². The molecule has 0 saturated carbocycles. The SMILES string of the molecule is CCCc1ccc(NC(=O)N[C@@H](CC)C(=O)O)cc1. The molecule has 1 rings (SSSR count). The highest BCUT2D eigenvalue weighted by atomic mass is 16.4. The quantitative estimate of drug-likeness (QED) is 0.739. The second-order valence-electron chi connectivity index (χ2n) is 4.34. The Balaban J connectivity index is 2.54. The first-order chi connectivity index (χ1) is 9.06. The van der Waals surface area contributed by atoms with Crippen LogP contribution in [-0.2, 0) is 11.2 Å². The lowest BCUT2D eigenvalue weighted by Gasteiger charge is -2.13. The predicted octanol–water partition coefficient (Wildman–Crippen LogP) is 2.62. The minimum atomic E-state index is -1.03. The molecule has 0 unspecified atom stereocenters. The maximum absolute atomic E-state index is 11.6. The van der Waals surface area contributed by atoms with Crippen LogP contribution in [0.15, 0.2) is 24.3 Å². The van der Waals surface area contributed by atoms with Gasteiger partial charge in [-0.2, -0.15) is 0 Å². The smallest absolute Gasteiger partial charge is 0.326 e. The number of carbonyl (C=O) groups excluding carboxylic acids is 1. The highest BCUT2D eigenvalue weighted by molar-refractivity contribution is 5.92. The fourth-order valence-electron chi connectivity index (χ4n) is 1.71. The fourth-order valence-corrected chi connectivity index (χ4v) is 1.71. The monoisotopic (exact) mass is 264 g/mol. The number of benzene rings is 1. The van der Waals surface area contributed by atoms with E-state index in [-0.39, 0.29) is 0 Å². The van der Waals surface area contributed by atoms with Gasteiger partial charge in [-0.1, -0.05) is 32.4 Å². The van der Waals surface area contributed by atoms with E-state index in [1.54, 1.807) is 6.92 Å². The Labute approximate surface area is 113 Å². The Morgan fingerprint density at radius 3 is 2.32 bits per heavy atom. The number of carbonyl (C=O) groups is 2. The molecular formula is C14H20N2O3. The molecule has 0 fully saturated rings. The highest BCUT2D eigenvalue weighted by Crippen LogP contribution is 2.10. The standard InChI is InChI=1S/C14H20N2O3/c1-3-5-10-6-8-11(9-7-10)15-14(19)16-12(4-2)13(17)18/h6-9,12H,3-5H2,1-2H3,(H,17,18)(H2,15,16,19)/t12-/m0/s1. The minimum absolute atomic E-state index is 0.345. The maximum Gasteiger partial charge on any atom is 0.326 e. The van der Waals surface area contributed by atoms with Crippen molar-refractivity contribution in [1.82, 2.24) is 5.32 Å². The van der Waals surface area contributed by atoms with E-state index in [9.17, 15) is 9.59 Å². The van der Waals surface area contributed by atoms with Crippen molar-refractivity contribution in [3.8, 4) is 0 Å². The van der Waals surface area contributed by atoms with Gasteiger partial charge < -0.3 is 15.7 Å². The van der Waals surface area contributed by atoms with Crippen LogP contribution >= 0.6 is 0 Å². The van der Waals surface area contributed by atoms with Gasteiger partial charge in [-0.3, -0.25) is 0 Å². The molecule has 0 bridgehead atoms. The molecule has 0 spiro atoms. The molecule has 0 heterocycles. The van der Waals surface area contributed by atoms with Gasteiger partial charge >= 0.3 is 12.0 Å². The summed E-state index contributed by atoms with van der Waals surface area (Å²) in [5, 5.41) is 13.9. The normalized spacial score (nSPS) is 11.7. The van der Waals surface area contributed by atoms with Crippen molar-refractivity contribution in [1.29, 1.82) is 0 Å². The first-order valence-corrected chi connectivity index (χ1v) is 6.46. The molecule has 104 valence electrons. The summed E-state index contributed by atoms with van der Waals surface area (Å²) >= 11 is 0. The lowest BCUT2D eigenvalue weighted by molar-refractivity contribution is -0.139. The summed E-state index contributed by atoms with van der Waals surface area (Å²) in [6.07, 6.45) is 2.42. The summed E-state index contributed by atoms with van der Waals surface area (Å²) in [6.45, 7) is 3.81. The van der Waals surface area contributed by atoms with Gasteiger partial charge in [0, 0.05) is 5.69 Å². The van der Waals surface area contributed by atoms with Gasteiger partial charge in [-0.25, -0.2) is 9.59 Å². The van der Waals surface area contributed by atoms with Crippen molar-refractivity contribution in [2.75, 3.05) is 5.32 Å². The number of carboxylic acid groups (broad SMARTS) is 1. The molecule has 1 aromatic carbocycles. The Morgan fingerprint density at radius 1 is 1.21 bits per heavy atom. The molecule has 0 saturated heterocycles. The van der Waals surface area contributed by atoms with E-state index in [4.69, 9.17) is 5.11 Å². The average molecular weight is 264 g/mol. The van der Waals surface area contributed by atoms with Crippen molar-refractivity contribution in [2.24, 2.45) is 0 Å². The third-order valence-corrected chi connectivity index (χ3v) is 2.76. The van der Waals surface area contributed by atoms with E-state index in [1.807, 2.05) is 24.3 Å². The molecule has 5 heteroatoms. The van der Waals surface area contributed by atoms with Crippen LogP contribution in [0.25, 0.3) is 0 Å². The average Bonchev–Trinajstić information content (AvgIpc) is 2.38. The zero-order chi connectivity index (χ0) is 14.3. The number of hydrogen-bond donors (Lipinski definition) is 3. The van der Waals surface area contributed by atoms with E-state index in [1.165, 1.54) is 5.56 Å². The van der Waals surface area contributed by atoms with Crippen molar-refractivity contribution in [3.63, 3.8) is 0 Å². The van der Waals surface area contributed by atoms with E-state index in [0.717, 1.165) is 12.8 Å². The molecule has 1 aromatic rings. The number of aryl methyl sites for hydroxylation is 1. The number of anilines is 1. The van der Waals surface area contributed by atoms with Gasteiger partial charge in [-0.15, -0.1) is 0 Å². The zero-order valence-electron chi connectivity index (χ0n) is 11.3. The molecule has 2 amide bonds. The van der Waals surface area contributed by atoms with Crippen molar-refractivity contribution >= 4 is 17.7 Å². The Bertz CT molecular complexity index is 429. The number of rotatable bonds is 6. The van der Waals surface area contributed by atoms with Gasteiger partial charge in [0.25, 0.3) is 0 Å². The second-order valence-corrected chi connectivity index (χ2v) is 4.34. The predicted molar refractivity (Wildman–Crippen MR) is 74.3 cm³/mol. The van der Waals surface area contributed by atoms with Crippen molar-refractivity contribution in [3.05, 3.63) is 29.8 Å². The zero-order valence-corrected chi connectivity index (χ0v) is 11.3. The number of aliphatic carboxylic acids is 1. The largest absolute Gasteiger partial charge is 0.480 e. The van der Waals surface area contributed by atoms with E-state index >= 15 is 0 Å². The lowest BCUT2D eigenvalue weighted by Crippen LogP contribution is -2.42. The second kappa shape index (κ2) is 7.41. The molecule has 0 aliphatic carbocycles. The number of carboxylic acids is 1. The molecule has 1 atom stereocenters. The molecule has 0 aliphatic rings. The van der Waals surface area contributed by atoms with Crippen LogP contribution < -0.4 is 10.6 Å². The van der Waals surface area contributed by atoms with Crippen LogP contribution in [0.3, 0.4) is 0 Å².